The first-order valence-electron chi connectivity index (χ1n) is 6.49. The minimum absolute atomic E-state index is 0.345. The molecule has 2 aromatic heterocycles. The van der Waals surface area contributed by atoms with Crippen LogP contribution >= 0.6 is 0 Å². The Hall–Kier alpha value is -3.08. The third kappa shape index (κ3) is 1.95. The van der Waals surface area contributed by atoms with Crippen LogP contribution < -0.4 is 5.73 Å². The average Bonchev–Trinajstić information content (AvgIpc) is 3.13. The fraction of sp³-hybridized carbons (Fsp3) is 0. The van der Waals surface area contributed by atoms with Gasteiger partial charge in [-0.15, -0.1) is 0 Å². The summed E-state index contributed by atoms with van der Waals surface area (Å²) in [4.78, 5) is 4.52. The lowest BCUT2D eigenvalue weighted by Crippen LogP contribution is -1.83. The maximum atomic E-state index is 5.82. The standard InChI is InChI=1S/C16H11N3O2/c17-15-9-14(21-19-15)10-5-1-2-6-11(10)16-18-12-7-3-4-8-13(12)20-16/h1-9H,(H2,17,19). The Kier molecular flexibility index (Phi) is 2.50. The highest BCUT2D eigenvalue weighted by molar-refractivity contribution is 5.82. The second-order valence-corrected chi connectivity index (χ2v) is 4.65. The van der Waals surface area contributed by atoms with Gasteiger partial charge in [0, 0.05) is 17.2 Å². The molecule has 0 aliphatic heterocycles. The Bertz CT molecular complexity index is 891. The van der Waals surface area contributed by atoms with Crippen molar-refractivity contribution in [3.05, 3.63) is 54.6 Å². The molecule has 21 heavy (non-hydrogen) atoms. The summed E-state index contributed by atoms with van der Waals surface area (Å²) in [5.74, 6) is 1.48. The van der Waals surface area contributed by atoms with Gasteiger partial charge in [-0.05, 0) is 18.2 Å². The Labute approximate surface area is 120 Å². The quantitative estimate of drug-likeness (QED) is 0.604. The average molecular weight is 277 g/mol. The van der Waals surface area contributed by atoms with Gasteiger partial charge in [0.1, 0.15) is 5.52 Å². The maximum absolute atomic E-state index is 5.82. The summed E-state index contributed by atoms with van der Waals surface area (Å²) in [6.07, 6.45) is 0. The lowest BCUT2D eigenvalue weighted by molar-refractivity contribution is 0.436. The summed E-state index contributed by atoms with van der Waals surface area (Å²) >= 11 is 0. The third-order valence-corrected chi connectivity index (χ3v) is 3.25. The fourth-order valence-corrected chi connectivity index (χ4v) is 2.29. The Morgan fingerprint density at radius 2 is 1.67 bits per heavy atom. The van der Waals surface area contributed by atoms with Crippen molar-refractivity contribution in [3.8, 4) is 22.8 Å². The zero-order chi connectivity index (χ0) is 14.2. The second kappa shape index (κ2) is 4.49. The first-order valence-corrected chi connectivity index (χ1v) is 6.49. The van der Waals surface area contributed by atoms with Crippen LogP contribution in [0.15, 0.2) is 63.5 Å². The molecular formula is C16H11N3O2. The van der Waals surface area contributed by atoms with Gasteiger partial charge in [0.05, 0.1) is 0 Å². The number of fused-ring (bicyclic) bond motifs is 1. The van der Waals surface area contributed by atoms with Crippen molar-refractivity contribution in [2.24, 2.45) is 0 Å². The van der Waals surface area contributed by atoms with Gasteiger partial charge < -0.3 is 14.7 Å². The van der Waals surface area contributed by atoms with Gasteiger partial charge in [0.15, 0.2) is 17.2 Å². The number of hydrogen-bond acceptors (Lipinski definition) is 5. The highest BCUT2D eigenvalue weighted by atomic mass is 16.5. The number of nitrogens with zero attached hydrogens (tertiary/aromatic N) is 2. The van der Waals surface area contributed by atoms with Gasteiger partial charge in [0.2, 0.25) is 5.89 Å². The van der Waals surface area contributed by atoms with E-state index in [1.165, 1.54) is 0 Å². The van der Waals surface area contributed by atoms with E-state index in [4.69, 9.17) is 14.7 Å². The molecule has 0 saturated carbocycles. The number of hydrogen-bond donors (Lipinski definition) is 1. The smallest absolute Gasteiger partial charge is 0.228 e. The molecule has 102 valence electrons. The van der Waals surface area contributed by atoms with Crippen LogP contribution in [0.5, 0.6) is 0 Å². The molecule has 0 fully saturated rings. The second-order valence-electron chi connectivity index (χ2n) is 4.65. The maximum Gasteiger partial charge on any atom is 0.228 e. The number of anilines is 1. The SMILES string of the molecule is Nc1cc(-c2ccccc2-c2nc3ccccc3o2)on1. The van der Waals surface area contributed by atoms with Gasteiger partial charge >= 0.3 is 0 Å². The minimum Gasteiger partial charge on any atom is -0.436 e. The highest BCUT2D eigenvalue weighted by Crippen LogP contribution is 2.33. The van der Waals surface area contributed by atoms with Crippen molar-refractivity contribution < 1.29 is 8.94 Å². The molecule has 2 aromatic carbocycles. The van der Waals surface area contributed by atoms with Gasteiger partial charge in [-0.2, -0.15) is 0 Å². The summed E-state index contributed by atoms with van der Waals surface area (Å²) in [5.41, 5.74) is 8.87. The summed E-state index contributed by atoms with van der Waals surface area (Å²) in [5, 5.41) is 3.72. The van der Waals surface area contributed by atoms with Crippen LogP contribution in [0.4, 0.5) is 5.82 Å². The van der Waals surface area contributed by atoms with E-state index >= 15 is 0 Å². The highest BCUT2D eigenvalue weighted by Gasteiger charge is 2.15. The predicted molar refractivity (Wildman–Crippen MR) is 79.4 cm³/mol. The van der Waals surface area contributed by atoms with Crippen molar-refractivity contribution in [1.82, 2.24) is 10.1 Å². The van der Waals surface area contributed by atoms with Crippen molar-refractivity contribution in [3.63, 3.8) is 0 Å². The van der Waals surface area contributed by atoms with E-state index in [1.807, 2.05) is 48.5 Å². The van der Waals surface area contributed by atoms with Crippen molar-refractivity contribution in [2.45, 2.75) is 0 Å². The van der Waals surface area contributed by atoms with Crippen LogP contribution in [-0.2, 0) is 0 Å². The summed E-state index contributed by atoms with van der Waals surface area (Å²) < 4.78 is 11.1. The molecule has 5 nitrogen and oxygen atoms in total. The first kappa shape index (κ1) is 11.7. The summed E-state index contributed by atoms with van der Waals surface area (Å²) in [6, 6.07) is 17.0. The number of para-hydroxylation sites is 2. The lowest BCUT2D eigenvalue weighted by Gasteiger charge is -2.01. The Morgan fingerprint density at radius 3 is 2.43 bits per heavy atom. The van der Waals surface area contributed by atoms with Crippen molar-refractivity contribution in [1.29, 1.82) is 0 Å². The van der Waals surface area contributed by atoms with Crippen molar-refractivity contribution in [2.75, 3.05) is 5.73 Å². The first-order chi connectivity index (χ1) is 10.3. The zero-order valence-corrected chi connectivity index (χ0v) is 11.0. The summed E-state index contributed by atoms with van der Waals surface area (Å²) in [7, 11) is 0. The number of oxazole rings is 1. The normalized spacial score (nSPS) is 11.0. The van der Waals surface area contributed by atoms with Crippen molar-refractivity contribution >= 4 is 16.9 Å². The molecule has 2 heterocycles. The van der Waals surface area contributed by atoms with Crippen LogP contribution in [0.25, 0.3) is 33.9 Å². The van der Waals surface area contributed by atoms with E-state index in [0.717, 1.165) is 22.2 Å². The molecule has 4 rings (SSSR count). The van der Waals surface area contributed by atoms with E-state index in [-0.39, 0.29) is 0 Å². The Balaban J connectivity index is 1.92. The molecule has 4 aromatic rings. The number of rotatable bonds is 2. The molecule has 0 spiro atoms. The molecular weight excluding hydrogens is 266 g/mol. The molecule has 0 bridgehead atoms. The van der Waals surface area contributed by atoms with E-state index in [9.17, 15) is 0 Å². The molecule has 0 atom stereocenters. The fourth-order valence-electron chi connectivity index (χ4n) is 2.29. The van der Waals surface area contributed by atoms with E-state index in [2.05, 4.69) is 10.1 Å². The number of nitrogens with two attached hydrogens (primary N) is 1. The van der Waals surface area contributed by atoms with Gasteiger partial charge in [0.25, 0.3) is 0 Å². The van der Waals surface area contributed by atoms with Crippen LogP contribution in [0, 0.1) is 0 Å². The van der Waals surface area contributed by atoms with Crippen LogP contribution in [0.3, 0.4) is 0 Å². The van der Waals surface area contributed by atoms with E-state index in [1.54, 1.807) is 6.07 Å². The molecule has 0 radical (unpaired) electrons. The lowest BCUT2D eigenvalue weighted by atomic mass is 10.1. The zero-order valence-electron chi connectivity index (χ0n) is 11.0. The van der Waals surface area contributed by atoms with E-state index < -0.39 is 0 Å². The number of nitrogen functional groups attached to an aromatic ring is 1. The molecule has 0 unspecified atom stereocenters. The molecule has 0 amide bonds. The molecule has 0 aliphatic carbocycles. The van der Waals surface area contributed by atoms with Gasteiger partial charge in [-0.3, -0.25) is 0 Å². The van der Waals surface area contributed by atoms with E-state index in [0.29, 0.717) is 17.5 Å². The number of aromatic nitrogens is 2. The molecule has 0 saturated heterocycles. The molecule has 5 heteroatoms. The van der Waals surface area contributed by atoms with Gasteiger partial charge in [-0.25, -0.2) is 4.98 Å². The molecule has 2 N–H and O–H groups in total. The van der Waals surface area contributed by atoms with Crippen LogP contribution in [0.2, 0.25) is 0 Å². The minimum atomic E-state index is 0.345. The van der Waals surface area contributed by atoms with Crippen LogP contribution in [-0.4, -0.2) is 10.1 Å². The molecule has 0 aliphatic rings. The monoisotopic (exact) mass is 277 g/mol. The Morgan fingerprint density at radius 1 is 0.905 bits per heavy atom. The topological polar surface area (TPSA) is 78.1 Å². The predicted octanol–water partition coefficient (Wildman–Crippen LogP) is 3.73. The number of benzene rings is 2. The largest absolute Gasteiger partial charge is 0.436 e. The summed E-state index contributed by atoms with van der Waals surface area (Å²) in [6.45, 7) is 0. The van der Waals surface area contributed by atoms with Gasteiger partial charge in [-0.1, -0.05) is 35.5 Å². The third-order valence-electron chi connectivity index (χ3n) is 3.25. The van der Waals surface area contributed by atoms with Crippen LogP contribution in [0.1, 0.15) is 0 Å².